The smallest absolute Gasteiger partial charge is 0.416 e. The predicted molar refractivity (Wildman–Crippen MR) is 85.9 cm³/mol. The van der Waals surface area contributed by atoms with Gasteiger partial charge in [0.15, 0.2) is 5.17 Å². The fourth-order valence-corrected chi connectivity index (χ4v) is 3.13. The number of amidine groups is 1. The normalized spacial score (nSPS) is 25.2. The zero-order chi connectivity index (χ0) is 18.7. The van der Waals surface area contributed by atoms with Crippen molar-refractivity contribution in [3.05, 3.63) is 0 Å². The number of halogens is 3. The van der Waals surface area contributed by atoms with Crippen molar-refractivity contribution in [2.75, 3.05) is 7.05 Å². The molecule has 0 aliphatic carbocycles. The number of carbonyl (C=O) groups excluding carboxylic acids is 1. The van der Waals surface area contributed by atoms with Gasteiger partial charge < -0.3 is 15.2 Å². The molecule has 0 saturated carbocycles. The molecular formula is C14H24F3N3O3S. The van der Waals surface area contributed by atoms with Crippen molar-refractivity contribution in [2.24, 2.45) is 5.73 Å². The number of amides is 1. The Morgan fingerprint density at radius 1 is 1.38 bits per heavy atom. The molecule has 3 atom stereocenters. The van der Waals surface area contributed by atoms with Gasteiger partial charge in [-0.1, -0.05) is 11.8 Å². The second-order valence-electron chi connectivity index (χ2n) is 6.70. The van der Waals surface area contributed by atoms with E-state index in [1.165, 1.54) is 7.05 Å². The highest BCUT2D eigenvalue weighted by Gasteiger charge is 2.38. The lowest BCUT2D eigenvalue weighted by molar-refractivity contribution is -0.169. The summed E-state index contributed by atoms with van der Waals surface area (Å²) >= 11 is 0.855. The molecule has 140 valence electrons. The van der Waals surface area contributed by atoms with E-state index in [0.717, 1.165) is 16.7 Å². The molecule has 3 N–H and O–H groups in total. The van der Waals surface area contributed by atoms with E-state index < -0.39 is 41.9 Å². The SMILES string of the molecule is CN(C(=N)SC1CC(N)CC(CC(F)(F)F)O1)C(=O)OC(C)(C)C. The number of hydrogen-bond acceptors (Lipinski definition) is 6. The Morgan fingerprint density at radius 3 is 2.46 bits per heavy atom. The van der Waals surface area contributed by atoms with Gasteiger partial charge in [0.1, 0.15) is 11.0 Å². The maximum atomic E-state index is 12.5. The highest BCUT2D eigenvalue weighted by molar-refractivity contribution is 8.14. The topological polar surface area (TPSA) is 88.6 Å². The third-order valence-corrected chi connectivity index (χ3v) is 4.14. The molecule has 1 fully saturated rings. The van der Waals surface area contributed by atoms with Crippen molar-refractivity contribution in [3.63, 3.8) is 0 Å². The quantitative estimate of drug-likeness (QED) is 0.574. The van der Waals surface area contributed by atoms with Gasteiger partial charge in [0.05, 0.1) is 12.5 Å². The van der Waals surface area contributed by atoms with Gasteiger partial charge in [-0.05, 0) is 33.6 Å². The van der Waals surface area contributed by atoms with Crippen molar-refractivity contribution in [3.8, 4) is 0 Å². The van der Waals surface area contributed by atoms with E-state index in [4.69, 9.17) is 20.6 Å². The molecule has 0 spiro atoms. The lowest BCUT2D eigenvalue weighted by Crippen LogP contribution is -2.42. The second kappa shape index (κ2) is 7.92. The summed E-state index contributed by atoms with van der Waals surface area (Å²) in [5.74, 6) is 0. The van der Waals surface area contributed by atoms with E-state index in [-0.39, 0.29) is 11.6 Å². The number of ether oxygens (including phenoxy) is 2. The molecule has 6 nitrogen and oxygen atoms in total. The molecule has 0 aromatic carbocycles. The first kappa shape index (κ1) is 21.0. The Kier molecular flexibility index (Phi) is 6.94. The lowest BCUT2D eigenvalue weighted by atomic mass is 10.0. The summed E-state index contributed by atoms with van der Waals surface area (Å²) in [7, 11) is 1.36. The average Bonchev–Trinajstić information content (AvgIpc) is 2.32. The first-order valence-corrected chi connectivity index (χ1v) is 8.34. The Morgan fingerprint density at radius 2 is 1.96 bits per heavy atom. The summed E-state index contributed by atoms with van der Waals surface area (Å²) < 4.78 is 48.0. The van der Waals surface area contributed by atoms with Gasteiger partial charge in [-0.15, -0.1) is 0 Å². The summed E-state index contributed by atoms with van der Waals surface area (Å²) in [4.78, 5) is 12.9. The van der Waals surface area contributed by atoms with Crippen LogP contribution in [0, 0.1) is 5.41 Å². The maximum Gasteiger partial charge on any atom is 0.416 e. The monoisotopic (exact) mass is 371 g/mol. The van der Waals surface area contributed by atoms with Crippen LogP contribution in [-0.2, 0) is 9.47 Å². The molecule has 1 saturated heterocycles. The van der Waals surface area contributed by atoms with Crippen LogP contribution >= 0.6 is 11.8 Å². The first-order chi connectivity index (χ1) is 10.8. The van der Waals surface area contributed by atoms with Crippen LogP contribution in [0.3, 0.4) is 0 Å². The van der Waals surface area contributed by atoms with Crippen LogP contribution in [0.25, 0.3) is 0 Å². The highest BCUT2D eigenvalue weighted by Crippen LogP contribution is 2.33. The van der Waals surface area contributed by atoms with Gasteiger partial charge in [-0.2, -0.15) is 13.2 Å². The standard InChI is InChI=1S/C14H24F3N3O3S/c1-13(2,3)23-12(21)20(4)11(19)24-10-6-8(18)5-9(22-10)7-14(15,16)17/h8-10,19H,5-7,18H2,1-4H3. The fourth-order valence-electron chi connectivity index (χ4n) is 2.09. The highest BCUT2D eigenvalue weighted by atomic mass is 32.2. The molecule has 24 heavy (non-hydrogen) atoms. The summed E-state index contributed by atoms with van der Waals surface area (Å²) in [6.07, 6.45) is -6.74. The third kappa shape index (κ3) is 7.71. The molecule has 10 heteroatoms. The van der Waals surface area contributed by atoms with Crippen LogP contribution in [0.5, 0.6) is 0 Å². The van der Waals surface area contributed by atoms with Gasteiger partial charge in [-0.25, -0.2) is 4.79 Å². The number of carbonyl (C=O) groups is 1. The number of alkyl halides is 3. The number of rotatable bonds is 2. The molecule has 0 aromatic heterocycles. The number of hydrogen-bond donors (Lipinski definition) is 2. The summed E-state index contributed by atoms with van der Waals surface area (Å²) in [5.41, 5.74) is 4.37. The minimum absolute atomic E-state index is 0.117. The van der Waals surface area contributed by atoms with Crippen LogP contribution in [0.15, 0.2) is 0 Å². The van der Waals surface area contributed by atoms with Crippen molar-refractivity contribution in [2.45, 2.75) is 69.4 Å². The van der Waals surface area contributed by atoms with Gasteiger partial charge >= 0.3 is 12.3 Å². The van der Waals surface area contributed by atoms with E-state index in [2.05, 4.69) is 0 Å². The van der Waals surface area contributed by atoms with Crippen molar-refractivity contribution >= 4 is 23.0 Å². The Hall–Kier alpha value is -1.00. The van der Waals surface area contributed by atoms with Crippen LogP contribution < -0.4 is 5.73 Å². The van der Waals surface area contributed by atoms with Crippen molar-refractivity contribution in [1.82, 2.24) is 4.90 Å². The minimum Gasteiger partial charge on any atom is -0.443 e. The van der Waals surface area contributed by atoms with Crippen molar-refractivity contribution < 1.29 is 27.4 Å². The zero-order valence-electron chi connectivity index (χ0n) is 14.1. The molecule has 0 aromatic rings. The van der Waals surface area contributed by atoms with Crippen molar-refractivity contribution in [1.29, 1.82) is 5.41 Å². The van der Waals surface area contributed by atoms with Gasteiger partial charge in [0.25, 0.3) is 0 Å². The Labute approximate surface area is 143 Å². The van der Waals surface area contributed by atoms with E-state index in [1.807, 2.05) is 0 Å². The Balaban J connectivity index is 2.60. The van der Waals surface area contributed by atoms with Gasteiger partial charge in [0, 0.05) is 13.1 Å². The largest absolute Gasteiger partial charge is 0.443 e. The van der Waals surface area contributed by atoms with Crippen LogP contribution in [0.4, 0.5) is 18.0 Å². The van der Waals surface area contributed by atoms with E-state index in [0.29, 0.717) is 6.42 Å². The Bertz CT molecular complexity index is 468. The molecule has 0 bridgehead atoms. The zero-order valence-corrected chi connectivity index (χ0v) is 15.0. The summed E-state index contributed by atoms with van der Waals surface area (Å²) in [6, 6.07) is -0.441. The number of nitrogens with zero attached hydrogens (tertiary/aromatic N) is 1. The maximum absolute atomic E-state index is 12.5. The lowest BCUT2D eigenvalue weighted by Gasteiger charge is -2.34. The molecule has 0 radical (unpaired) electrons. The fraction of sp³-hybridized carbons (Fsp3) is 0.857. The predicted octanol–water partition coefficient (Wildman–Crippen LogP) is 3.31. The van der Waals surface area contributed by atoms with E-state index in [1.54, 1.807) is 20.8 Å². The number of nitrogens with one attached hydrogen (secondary N) is 1. The average molecular weight is 371 g/mol. The molecule has 1 heterocycles. The second-order valence-corrected chi connectivity index (χ2v) is 7.85. The van der Waals surface area contributed by atoms with E-state index >= 15 is 0 Å². The number of thioether (sulfide) groups is 1. The first-order valence-electron chi connectivity index (χ1n) is 7.46. The number of nitrogens with two attached hydrogens (primary N) is 1. The third-order valence-electron chi connectivity index (χ3n) is 3.08. The summed E-state index contributed by atoms with van der Waals surface area (Å²) in [6.45, 7) is 5.08. The van der Waals surface area contributed by atoms with E-state index in [9.17, 15) is 18.0 Å². The summed E-state index contributed by atoms with van der Waals surface area (Å²) in [5, 5.41) is 7.75. The van der Waals surface area contributed by atoms with Crippen LogP contribution in [0.1, 0.15) is 40.0 Å². The van der Waals surface area contributed by atoms with Gasteiger partial charge in [-0.3, -0.25) is 10.3 Å². The molecular weight excluding hydrogens is 347 g/mol. The molecule has 1 rings (SSSR count). The molecule has 1 aliphatic heterocycles. The van der Waals surface area contributed by atoms with Gasteiger partial charge in [0.2, 0.25) is 0 Å². The van der Waals surface area contributed by atoms with Crippen LogP contribution in [-0.4, -0.2) is 52.6 Å². The molecule has 3 unspecified atom stereocenters. The molecule has 1 aliphatic rings. The minimum atomic E-state index is -4.34. The molecule has 1 amide bonds. The van der Waals surface area contributed by atoms with Crippen LogP contribution in [0.2, 0.25) is 0 Å².